The zero-order chi connectivity index (χ0) is 14.1. The van der Waals surface area contributed by atoms with Crippen molar-refractivity contribution in [3.63, 3.8) is 0 Å². The molecule has 0 unspecified atom stereocenters. The molecule has 0 aliphatic carbocycles. The standard InChI is InChI=1S/C13H16ClFO3/c1-7-9(15)5-8(14)12(18-4)11(7)13(2,3)6-10(16)17/h5H,6H2,1-4H3,(H,16,17). The number of methoxy groups -OCH3 is 1. The van der Waals surface area contributed by atoms with Gasteiger partial charge in [-0.15, -0.1) is 0 Å². The molecule has 0 saturated heterocycles. The summed E-state index contributed by atoms with van der Waals surface area (Å²) in [7, 11) is 1.43. The minimum Gasteiger partial charge on any atom is -0.495 e. The number of carboxylic acids is 1. The van der Waals surface area contributed by atoms with Gasteiger partial charge in [-0.3, -0.25) is 4.79 Å². The van der Waals surface area contributed by atoms with Gasteiger partial charge in [-0.2, -0.15) is 0 Å². The Kier molecular flexibility index (Phi) is 4.22. The van der Waals surface area contributed by atoms with Crippen LogP contribution >= 0.6 is 11.6 Å². The summed E-state index contributed by atoms with van der Waals surface area (Å²) >= 11 is 5.94. The summed E-state index contributed by atoms with van der Waals surface area (Å²) in [6.07, 6.45) is -0.135. The van der Waals surface area contributed by atoms with Gasteiger partial charge in [0.1, 0.15) is 11.6 Å². The second-order valence-electron chi connectivity index (χ2n) is 4.83. The Bertz CT molecular complexity index is 484. The number of halogens is 2. The molecule has 0 bridgehead atoms. The van der Waals surface area contributed by atoms with Crippen LogP contribution in [-0.2, 0) is 10.2 Å². The molecule has 5 heteroatoms. The second kappa shape index (κ2) is 5.14. The number of hydrogen-bond acceptors (Lipinski definition) is 2. The first-order valence-corrected chi connectivity index (χ1v) is 5.83. The van der Waals surface area contributed by atoms with Gasteiger partial charge in [0, 0.05) is 11.0 Å². The number of carbonyl (C=O) groups is 1. The van der Waals surface area contributed by atoms with E-state index in [2.05, 4.69) is 0 Å². The van der Waals surface area contributed by atoms with E-state index in [1.165, 1.54) is 13.2 Å². The molecule has 1 rings (SSSR count). The van der Waals surface area contributed by atoms with Crippen LogP contribution in [0.5, 0.6) is 5.75 Å². The molecule has 0 atom stereocenters. The minimum atomic E-state index is -0.957. The highest BCUT2D eigenvalue weighted by molar-refractivity contribution is 6.32. The highest BCUT2D eigenvalue weighted by Crippen LogP contribution is 2.42. The van der Waals surface area contributed by atoms with Crippen LogP contribution in [0.1, 0.15) is 31.4 Å². The van der Waals surface area contributed by atoms with E-state index >= 15 is 0 Å². The molecule has 0 aliphatic heterocycles. The third-order valence-corrected chi connectivity index (χ3v) is 3.19. The SMILES string of the molecule is COc1c(Cl)cc(F)c(C)c1C(C)(C)CC(=O)O. The largest absolute Gasteiger partial charge is 0.495 e. The summed E-state index contributed by atoms with van der Waals surface area (Å²) in [5, 5.41) is 9.08. The average molecular weight is 275 g/mol. The van der Waals surface area contributed by atoms with Gasteiger partial charge < -0.3 is 9.84 Å². The van der Waals surface area contributed by atoms with Gasteiger partial charge in [0.2, 0.25) is 0 Å². The second-order valence-corrected chi connectivity index (χ2v) is 5.24. The van der Waals surface area contributed by atoms with Crippen molar-refractivity contribution in [2.45, 2.75) is 32.6 Å². The molecular formula is C13H16ClFO3. The Morgan fingerprint density at radius 1 is 1.56 bits per heavy atom. The van der Waals surface area contributed by atoms with Crippen molar-refractivity contribution < 1.29 is 19.0 Å². The highest BCUT2D eigenvalue weighted by atomic mass is 35.5. The number of benzene rings is 1. The lowest BCUT2D eigenvalue weighted by Gasteiger charge is -2.28. The van der Waals surface area contributed by atoms with Gasteiger partial charge in [0.05, 0.1) is 18.6 Å². The van der Waals surface area contributed by atoms with E-state index in [0.717, 1.165) is 0 Å². The molecule has 0 spiro atoms. The Hall–Kier alpha value is -1.29. The molecule has 0 amide bonds. The van der Waals surface area contributed by atoms with Crippen LogP contribution in [0.2, 0.25) is 5.02 Å². The monoisotopic (exact) mass is 274 g/mol. The average Bonchev–Trinajstić information content (AvgIpc) is 2.20. The molecule has 0 aliphatic rings. The summed E-state index contributed by atoms with van der Waals surface area (Å²) in [6, 6.07) is 1.18. The van der Waals surface area contributed by atoms with Crippen molar-refractivity contribution in [3.05, 3.63) is 28.0 Å². The predicted molar refractivity (Wildman–Crippen MR) is 68.0 cm³/mol. The predicted octanol–water partition coefficient (Wildman–Crippen LogP) is 3.55. The van der Waals surface area contributed by atoms with Crippen molar-refractivity contribution >= 4 is 17.6 Å². The molecule has 3 nitrogen and oxygen atoms in total. The van der Waals surface area contributed by atoms with Gasteiger partial charge in [-0.25, -0.2) is 4.39 Å². The van der Waals surface area contributed by atoms with E-state index in [-0.39, 0.29) is 11.4 Å². The number of rotatable bonds is 4. The quantitative estimate of drug-likeness (QED) is 0.913. The van der Waals surface area contributed by atoms with Gasteiger partial charge >= 0.3 is 5.97 Å². The van der Waals surface area contributed by atoms with E-state index in [1.54, 1.807) is 20.8 Å². The minimum absolute atomic E-state index is 0.135. The van der Waals surface area contributed by atoms with Crippen LogP contribution in [0.15, 0.2) is 6.07 Å². The lowest BCUT2D eigenvalue weighted by molar-refractivity contribution is -0.138. The van der Waals surface area contributed by atoms with Crippen LogP contribution in [0, 0.1) is 12.7 Å². The molecule has 0 saturated carbocycles. The Balaban J connectivity index is 3.51. The summed E-state index contributed by atoms with van der Waals surface area (Å²) in [5.41, 5.74) is 0.0902. The molecule has 0 heterocycles. The van der Waals surface area contributed by atoms with Crippen LogP contribution in [-0.4, -0.2) is 18.2 Å². The van der Waals surface area contributed by atoms with Crippen LogP contribution in [0.4, 0.5) is 4.39 Å². The van der Waals surface area contributed by atoms with Crippen LogP contribution in [0.25, 0.3) is 0 Å². The highest BCUT2D eigenvalue weighted by Gasteiger charge is 2.31. The van der Waals surface area contributed by atoms with Gasteiger partial charge in [-0.05, 0) is 18.6 Å². The Morgan fingerprint density at radius 3 is 2.56 bits per heavy atom. The molecule has 0 aromatic heterocycles. The fraction of sp³-hybridized carbons (Fsp3) is 0.462. The summed E-state index contributed by atoms with van der Waals surface area (Å²) < 4.78 is 18.9. The fourth-order valence-corrected chi connectivity index (χ4v) is 2.44. The smallest absolute Gasteiger partial charge is 0.304 e. The maximum absolute atomic E-state index is 13.7. The molecule has 100 valence electrons. The molecule has 1 N–H and O–H groups in total. The first-order valence-electron chi connectivity index (χ1n) is 5.45. The van der Waals surface area contributed by atoms with Crippen LogP contribution < -0.4 is 4.74 Å². The van der Waals surface area contributed by atoms with Crippen LogP contribution in [0.3, 0.4) is 0 Å². The lowest BCUT2D eigenvalue weighted by atomic mass is 9.78. The number of hydrogen-bond donors (Lipinski definition) is 1. The topological polar surface area (TPSA) is 46.5 Å². The van der Waals surface area contributed by atoms with E-state index in [9.17, 15) is 9.18 Å². The van der Waals surface area contributed by atoms with E-state index in [1.807, 2.05) is 0 Å². The molecular weight excluding hydrogens is 259 g/mol. The zero-order valence-electron chi connectivity index (χ0n) is 10.8. The van der Waals surface area contributed by atoms with Crippen molar-refractivity contribution in [2.75, 3.05) is 7.11 Å². The lowest BCUT2D eigenvalue weighted by Crippen LogP contribution is -2.24. The number of ether oxygens (including phenoxy) is 1. The fourth-order valence-electron chi connectivity index (χ4n) is 2.18. The molecule has 18 heavy (non-hydrogen) atoms. The van der Waals surface area contributed by atoms with Crippen molar-refractivity contribution in [1.82, 2.24) is 0 Å². The first kappa shape index (κ1) is 14.8. The van der Waals surface area contributed by atoms with E-state index < -0.39 is 17.2 Å². The normalized spacial score (nSPS) is 11.4. The van der Waals surface area contributed by atoms with Gasteiger partial charge in [0.15, 0.2) is 0 Å². The maximum atomic E-state index is 13.7. The molecule has 0 radical (unpaired) electrons. The van der Waals surface area contributed by atoms with Crippen molar-refractivity contribution in [2.24, 2.45) is 0 Å². The number of carboxylic acid groups (broad SMARTS) is 1. The summed E-state index contributed by atoms with van der Waals surface area (Å²) in [5.74, 6) is -1.09. The third-order valence-electron chi connectivity index (χ3n) is 2.90. The van der Waals surface area contributed by atoms with Crippen molar-refractivity contribution in [1.29, 1.82) is 0 Å². The molecule has 1 aromatic carbocycles. The maximum Gasteiger partial charge on any atom is 0.304 e. The van der Waals surface area contributed by atoms with E-state index in [4.69, 9.17) is 21.4 Å². The Morgan fingerprint density at radius 2 is 2.11 bits per heavy atom. The molecule has 0 fully saturated rings. The number of aliphatic carboxylic acids is 1. The Labute approximate surface area is 111 Å². The third kappa shape index (κ3) is 2.75. The summed E-state index contributed by atoms with van der Waals surface area (Å²) in [6.45, 7) is 5.04. The summed E-state index contributed by atoms with van der Waals surface area (Å²) in [4.78, 5) is 10.9. The van der Waals surface area contributed by atoms with E-state index in [0.29, 0.717) is 16.9 Å². The zero-order valence-corrected chi connectivity index (χ0v) is 11.6. The van der Waals surface area contributed by atoms with Gasteiger partial charge in [-0.1, -0.05) is 25.4 Å². The van der Waals surface area contributed by atoms with Gasteiger partial charge in [0.25, 0.3) is 0 Å². The first-order chi connectivity index (χ1) is 8.20. The van der Waals surface area contributed by atoms with Crippen molar-refractivity contribution in [3.8, 4) is 5.75 Å². The molecule has 1 aromatic rings.